The van der Waals surface area contributed by atoms with Gasteiger partial charge in [0.25, 0.3) is 14.9 Å². The monoisotopic (exact) mass is 539 g/mol. The van der Waals surface area contributed by atoms with E-state index < -0.39 is 9.04 Å². The van der Waals surface area contributed by atoms with Crippen molar-refractivity contribution in [1.29, 1.82) is 5.26 Å². The largest absolute Gasteiger partial charge is 0.539 e. The van der Waals surface area contributed by atoms with Gasteiger partial charge in [0.05, 0.1) is 24.5 Å². The average molecular weight is 540 g/mol. The lowest BCUT2D eigenvalue weighted by Gasteiger charge is -2.17. The second kappa shape index (κ2) is 11.3. The molecule has 0 unspecified atom stereocenters. The molecule has 0 aliphatic heterocycles. The summed E-state index contributed by atoms with van der Waals surface area (Å²) >= 11 is 0. The Labute approximate surface area is 227 Å². The molecule has 2 aromatic carbocycles. The summed E-state index contributed by atoms with van der Waals surface area (Å²) in [6.45, 7) is 2.01. The summed E-state index contributed by atoms with van der Waals surface area (Å²) in [5, 5.41) is 16.8. The standard InChI is InChI=1S/C27H27N8O3Si/c1-34(22-7-8-22)26(36)19-6-9-23(25(11-19)37-2)33-27-30-13-21(14-31-27)18-4-5-20(12-28)24(10-18)38-39(3)17-35-16-29-15-32-35/h4-6,9-11,13-16,22H,7-8,17H2,1-3H3,(H,30,31,33). The number of aromatic nitrogens is 5. The van der Waals surface area contributed by atoms with Gasteiger partial charge in [0.2, 0.25) is 5.95 Å². The smallest absolute Gasteiger partial charge is 0.300 e. The van der Waals surface area contributed by atoms with E-state index in [1.807, 2.05) is 25.7 Å². The fourth-order valence-corrected chi connectivity index (χ4v) is 5.29. The third-order valence-corrected chi connectivity index (χ3v) is 7.67. The summed E-state index contributed by atoms with van der Waals surface area (Å²) in [6, 6.07) is 13.2. The minimum absolute atomic E-state index is 0.0246. The number of hydrogen-bond acceptors (Lipinski definition) is 9. The van der Waals surface area contributed by atoms with Gasteiger partial charge < -0.3 is 19.4 Å². The summed E-state index contributed by atoms with van der Waals surface area (Å²) in [4.78, 5) is 27.4. The predicted octanol–water partition coefficient (Wildman–Crippen LogP) is 3.83. The van der Waals surface area contributed by atoms with Crippen molar-refractivity contribution in [3.63, 3.8) is 0 Å². The van der Waals surface area contributed by atoms with E-state index in [0.29, 0.717) is 46.5 Å². The molecule has 1 fully saturated rings. The summed E-state index contributed by atoms with van der Waals surface area (Å²) in [5.74, 6) is 1.39. The molecule has 5 rings (SSSR count). The number of amides is 1. The van der Waals surface area contributed by atoms with Crippen molar-refractivity contribution in [1.82, 2.24) is 29.6 Å². The van der Waals surface area contributed by atoms with Gasteiger partial charge in [-0.3, -0.25) is 9.48 Å². The molecular weight excluding hydrogens is 512 g/mol. The molecule has 2 heterocycles. The van der Waals surface area contributed by atoms with Crippen molar-refractivity contribution in [3.05, 3.63) is 72.6 Å². The van der Waals surface area contributed by atoms with Crippen LogP contribution in [-0.2, 0) is 6.17 Å². The Morgan fingerprint density at radius 2 is 1.97 bits per heavy atom. The maximum Gasteiger partial charge on any atom is 0.300 e. The quantitative estimate of drug-likeness (QED) is 0.299. The van der Waals surface area contributed by atoms with Gasteiger partial charge in [0, 0.05) is 36.6 Å². The van der Waals surface area contributed by atoms with Crippen LogP contribution in [0.4, 0.5) is 11.6 Å². The van der Waals surface area contributed by atoms with E-state index in [4.69, 9.17) is 9.16 Å². The number of carbonyl (C=O) groups excluding carboxylic acids is 1. The molecule has 39 heavy (non-hydrogen) atoms. The van der Waals surface area contributed by atoms with Gasteiger partial charge in [-0.25, -0.2) is 15.0 Å². The Kier molecular flexibility index (Phi) is 7.51. The molecule has 11 nitrogen and oxygen atoms in total. The molecule has 4 aromatic rings. The first-order valence-electron chi connectivity index (χ1n) is 12.4. The number of anilines is 2. The molecule has 0 bridgehead atoms. The molecule has 12 heteroatoms. The Hall–Kier alpha value is -4.76. The Bertz CT molecular complexity index is 1500. The molecule has 0 spiro atoms. The van der Waals surface area contributed by atoms with E-state index >= 15 is 0 Å². The maximum atomic E-state index is 12.7. The van der Waals surface area contributed by atoms with Crippen molar-refractivity contribution in [2.75, 3.05) is 19.5 Å². The number of ether oxygens (including phenoxy) is 1. The fraction of sp³-hybridized carbons (Fsp3) is 0.259. The Morgan fingerprint density at radius 3 is 2.64 bits per heavy atom. The van der Waals surface area contributed by atoms with Crippen molar-refractivity contribution in [3.8, 4) is 28.7 Å². The van der Waals surface area contributed by atoms with Gasteiger partial charge in [-0.1, -0.05) is 6.07 Å². The van der Waals surface area contributed by atoms with Gasteiger partial charge in [0.1, 0.15) is 30.2 Å². The van der Waals surface area contributed by atoms with Crippen LogP contribution in [0.2, 0.25) is 6.55 Å². The fourth-order valence-electron chi connectivity index (χ4n) is 4.06. The van der Waals surface area contributed by atoms with Gasteiger partial charge >= 0.3 is 0 Å². The number of benzene rings is 2. The number of carbonyl (C=O) groups is 1. The molecule has 1 N–H and O–H groups in total. The van der Waals surface area contributed by atoms with E-state index in [-0.39, 0.29) is 5.91 Å². The number of nitrogens with one attached hydrogen (secondary N) is 1. The topological polar surface area (TPSA) is 131 Å². The summed E-state index contributed by atoms with van der Waals surface area (Å²) in [5.41, 5.74) is 3.27. The van der Waals surface area contributed by atoms with Crippen LogP contribution in [0.25, 0.3) is 11.1 Å². The van der Waals surface area contributed by atoms with Crippen LogP contribution in [-0.4, -0.2) is 64.8 Å². The lowest BCUT2D eigenvalue weighted by molar-refractivity contribution is 0.0784. The predicted molar refractivity (Wildman–Crippen MR) is 146 cm³/mol. The summed E-state index contributed by atoms with van der Waals surface area (Å²) < 4.78 is 13.4. The van der Waals surface area contributed by atoms with Gasteiger partial charge in [0.15, 0.2) is 0 Å². The van der Waals surface area contributed by atoms with E-state index in [0.717, 1.165) is 24.0 Å². The molecule has 1 aliphatic carbocycles. The molecular formula is C27H27N8O3Si. The second-order valence-corrected chi connectivity index (χ2v) is 11.1. The zero-order valence-corrected chi connectivity index (χ0v) is 22.8. The van der Waals surface area contributed by atoms with Crippen LogP contribution in [0.3, 0.4) is 0 Å². The first-order valence-corrected chi connectivity index (χ1v) is 14.5. The van der Waals surface area contributed by atoms with E-state index in [9.17, 15) is 10.1 Å². The minimum Gasteiger partial charge on any atom is -0.539 e. The van der Waals surface area contributed by atoms with Crippen LogP contribution in [0, 0.1) is 11.3 Å². The van der Waals surface area contributed by atoms with E-state index in [1.54, 1.807) is 59.7 Å². The molecule has 0 saturated heterocycles. The van der Waals surface area contributed by atoms with Crippen LogP contribution in [0.5, 0.6) is 11.5 Å². The number of nitriles is 1. The van der Waals surface area contributed by atoms with E-state index in [1.165, 1.54) is 6.33 Å². The first kappa shape index (κ1) is 25.9. The van der Waals surface area contributed by atoms with Crippen molar-refractivity contribution in [2.24, 2.45) is 0 Å². The Morgan fingerprint density at radius 1 is 1.18 bits per heavy atom. The molecule has 1 amide bonds. The number of rotatable bonds is 10. The third-order valence-electron chi connectivity index (χ3n) is 6.33. The molecule has 1 saturated carbocycles. The molecule has 1 radical (unpaired) electrons. The SMILES string of the molecule is COc1cc(C(=O)N(C)C2CC2)ccc1Nc1ncc(-c2ccc(C#N)c(O[Si](C)Cn3cncn3)c2)cn1. The van der Waals surface area contributed by atoms with Gasteiger partial charge in [-0.2, -0.15) is 10.4 Å². The number of nitrogens with zero attached hydrogens (tertiary/aromatic N) is 7. The highest BCUT2D eigenvalue weighted by Crippen LogP contribution is 2.32. The Balaban J connectivity index is 1.29. The van der Waals surface area contributed by atoms with Crippen LogP contribution >= 0.6 is 0 Å². The molecule has 1 aliphatic rings. The summed E-state index contributed by atoms with van der Waals surface area (Å²) in [7, 11) is 2.07. The van der Waals surface area contributed by atoms with Crippen LogP contribution < -0.4 is 14.5 Å². The van der Waals surface area contributed by atoms with Gasteiger partial charge in [-0.15, -0.1) is 0 Å². The highest BCUT2D eigenvalue weighted by atomic mass is 28.3. The first-order chi connectivity index (χ1) is 18.9. The minimum atomic E-state index is -1.32. The maximum absolute atomic E-state index is 12.7. The molecule has 197 valence electrons. The lowest BCUT2D eigenvalue weighted by atomic mass is 10.1. The highest BCUT2D eigenvalue weighted by Gasteiger charge is 2.30. The third kappa shape index (κ3) is 6.05. The second-order valence-electron chi connectivity index (χ2n) is 9.20. The van der Waals surface area contributed by atoms with E-state index in [2.05, 4.69) is 31.4 Å². The molecule has 0 atom stereocenters. The van der Waals surface area contributed by atoms with Crippen LogP contribution in [0.1, 0.15) is 28.8 Å². The highest BCUT2D eigenvalue weighted by molar-refractivity contribution is 6.49. The number of hydrogen-bond donors (Lipinski definition) is 1. The molecule has 2 aromatic heterocycles. The zero-order valence-electron chi connectivity index (χ0n) is 21.8. The number of methoxy groups -OCH3 is 1. The van der Waals surface area contributed by atoms with Gasteiger partial charge in [-0.05, 0) is 55.3 Å². The van der Waals surface area contributed by atoms with Crippen molar-refractivity contribution >= 4 is 26.6 Å². The average Bonchev–Trinajstić information content (AvgIpc) is 3.69. The van der Waals surface area contributed by atoms with Crippen molar-refractivity contribution in [2.45, 2.75) is 31.6 Å². The zero-order chi connectivity index (χ0) is 27.4. The van der Waals surface area contributed by atoms with Crippen molar-refractivity contribution < 1.29 is 14.0 Å². The lowest BCUT2D eigenvalue weighted by Crippen LogP contribution is -2.28. The summed E-state index contributed by atoms with van der Waals surface area (Å²) in [6.07, 6.45) is 9.21. The normalized spacial score (nSPS) is 12.6. The van der Waals surface area contributed by atoms with Crippen LogP contribution in [0.15, 0.2) is 61.4 Å².